The van der Waals surface area contributed by atoms with Gasteiger partial charge in [-0.25, -0.2) is 4.98 Å². The second kappa shape index (κ2) is 7.70. The lowest BCUT2D eigenvalue weighted by Gasteiger charge is -2.09. The average Bonchev–Trinajstić information content (AvgIpc) is 3.07. The van der Waals surface area contributed by atoms with Gasteiger partial charge in [0, 0.05) is 9.90 Å². The van der Waals surface area contributed by atoms with E-state index in [4.69, 9.17) is 11.6 Å². The maximum atomic E-state index is 12.6. The van der Waals surface area contributed by atoms with Crippen LogP contribution in [0.1, 0.15) is 40.6 Å². The molecule has 0 radical (unpaired) electrons. The number of aromatic nitrogens is 2. The minimum absolute atomic E-state index is 0.101. The van der Waals surface area contributed by atoms with Gasteiger partial charge in [-0.2, -0.15) is 5.26 Å². The Balaban J connectivity index is 1.67. The lowest BCUT2D eigenvalue weighted by atomic mass is 9.97. The Morgan fingerprint density at radius 1 is 1.29 bits per heavy atom. The molecule has 1 N–H and O–H groups in total. The molecule has 0 saturated carbocycles. The minimum Gasteiger partial charge on any atom is -0.308 e. The summed E-state index contributed by atoms with van der Waals surface area (Å²) in [5.74, 6) is -1.48. The number of nitrogens with one attached hydrogen (secondary N) is 1. The molecule has 0 fully saturated rings. The largest absolute Gasteiger partial charge is 0.308 e. The maximum absolute atomic E-state index is 12.6. The Kier molecular flexibility index (Phi) is 5.12. The van der Waals surface area contributed by atoms with Crippen LogP contribution in [0.15, 0.2) is 35.1 Å². The summed E-state index contributed by atoms with van der Waals surface area (Å²) in [6.07, 6.45) is 6.96. The van der Waals surface area contributed by atoms with Crippen LogP contribution in [0.3, 0.4) is 0 Å². The van der Waals surface area contributed by atoms with Gasteiger partial charge in [-0.1, -0.05) is 29.8 Å². The number of nitriles is 1. The van der Waals surface area contributed by atoms with E-state index in [1.54, 1.807) is 30.3 Å². The summed E-state index contributed by atoms with van der Waals surface area (Å²) in [4.78, 5) is 34.2. The number of aryl methyl sites for hydroxylation is 2. The average molecular weight is 410 g/mol. The number of ketones is 1. The molecule has 0 bridgehead atoms. The SMILES string of the molecule is N#CC(C(=O)/C=C/c1ccc(Cl)cc1)c1nc2sc3c(c2c(=O)[nH]1)CCCC3. The lowest BCUT2D eigenvalue weighted by molar-refractivity contribution is -0.114. The number of halogens is 1. The fraction of sp³-hybridized carbons (Fsp3) is 0.238. The third-order valence-electron chi connectivity index (χ3n) is 4.84. The lowest BCUT2D eigenvalue weighted by Crippen LogP contribution is -2.18. The molecule has 0 spiro atoms. The molecule has 0 amide bonds. The Morgan fingerprint density at radius 2 is 2.04 bits per heavy atom. The van der Waals surface area contributed by atoms with E-state index in [2.05, 4.69) is 9.97 Å². The number of H-pyrrole nitrogens is 1. The summed E-state index contributed by atoms with van der Waals surface area (Å²) in [7, 11) is 0. The molecule has 1 atom stereocenters. The number of thiophene rings is 1. The Hall–Kier alpha value is -2.75. The first-order valence-electron chi connectivity index (χ1n) is 8.98. The van der Waals surface area contributed by atoms with E-state index in [-0.39, 0.29) is 11.4 Å². The van der Waals surface area contributed by atoms with Crippen LogP contribution in [-0.2, 0) is 17.6 Å². The van der Waals surface area contributed by atoms with Gasteiger partial charge in [-0.3, -0.25) is 9.59 Å². The summed E-state index contributed by atoms with van der Waals surface area (Å²) in [6.45, 7) is 0. The molecule has 1 aliphatic rings. The fourth-order valence-electron chi connectivity index (χ4n) is 3.43. The van der Waals surface area contributed by atoms with E-state index in [0.717, 1.165) is 36.8 Å². The zero-order valence-corrected chi connectivity index (χ0v) is 16.4. The minimum atomic E-state index is -1.15. The van der Waals surface area contributed by atoms with Crippen LogP contribution in [-0.4, -0.2) is 15.8 Å². The first kappa shape index (κ1) is 18.6. The van der Waals surface area contributed by atoms with E-state index >= 15 is 0 Å². The van der Waals surface area contributed by atoms with Crippen molar-refractivity contribution in [3.8, 4) is 6.07 Å². The zero-order chi connectivity index (χ0) is 19.7. The van der Waals surface area contributed by atoms with Crippen LogP contribution >= 0.6 is 22.9 Å². The maximum Gasteiger partial charge on any atom is 0.259 e. The molecule has 1 aromatic carbocycles. The van der Waals surface area contributed by atoms with Crippen molar-refractivity contribution < 1.29 is 4.79 Å². The molecule has 140 valence electrons. The van der Waals surface area contributed by atoms with E-state index in [1.165, 1.54) is 22.3 Å². The van der Waals surface area contributed by atoms with Crippen molar-refractivity contribution in [3.63, 3.8) is 0 Å². The van der Waals surface area contributed by atoms with Crippen molar-refractivity contribution in [3.05, 3.63) is 67.5 Å². The summed E-state index contributed by atoms with van der Waals surface area (Å²) < 4.78 is 0. The van der Waals surface area contributed by atoms with Gasteiger partial charge in [0.2, 0.25) is 0 Å². The van der Waals surface area contributed by atoms with Crippen LogP contribution < -0.4 is 5.56 Å². The molecular formula is C21H16ClN3O2S. The smallest absolute Gasteiger partial charge is 0.259 e. The third kappa shape index (κ3) is 3.51. The Labute approximate surface area is 170 Å². The van der Waals surface area contributed by atoms with Gasteiger partial charge in [-0.15, -0.1) is 11.3 Å². The zero-order valence-electron chi connectivity index (χ0n) is 14.9. The Morgan fingerprint density at radius 3 is 2.79 bits per heavy atom. The number of hydrogen-bond donors (Lipinski definition) is 1. The molecule has 1 unspecified atom stereocenters. The molecule has 1 aliphatic carbocycles. The number of aromatic amines is 1. The number of benzene rings is 1. The normalized spacial score (nSPS) is 14.7. The number of fused-ring (bicyclic) bond motifs is 3. The van der Waals surface area contributed by atoms with E-state index in [0.29, 0.717) is 15.2 Å². The molecule has 7 heteroatoms. The van der Waals surface area contributed by atoms with Crippen LogP contribution in [0, 0.1) is 11.3 Å². The fourth-order valence-corrected chi connectivity index (χ4v) is 4.82. The highest BCUT2D eigenvalue weighted by Crippen LogP contribution is 2.34. The molecule has 3 aromatic rings. The first-order valence-corrected chi connectivity index (χ1v) is 10.2. The molecule has 2 heterocycles. The first-order chi connectivity index (χ1) is 13.6. The van der Waals surface area contributed by atoms with Gasteiger partial charge in [0.25, 0.3) is 5.56 Å². The quantitative estimate of drug-likeness (QED) is 0.646. The summed E-state index contributed by atoms with van der Waals surface area (Å²) in [5.41, 5.74) is 1.60. The van der Waals surface area contributed by atoms with Crippen molar-refractivity contribution in [2.75, 3.05) is 0 Å². The van der Waals surface area contributed by atoms with E-state index in [1.807, 2.05) is 6.07 Å². The molecular weight excluding hydrogens is 394 g/mol. The van der Waals surface area contributed by atoms with Crippen molar-refractivity contribution in [1.82, 2.24) is 9.97 Å². The predicted octanol–water partition coefficient (Wildman–Crippen LogP) is 4.41. The second-order valence-corrected chi connectivity index (χ2v) is 8.21. The van der Waals surface area contributed by atoms with Crippen molar-refractivity contribution >= 4 is 45.0 Å². The van der Waals surface area contributed by atoms with Gasteiger partial charge in [0.1, 0.15) is 10.7 Å². The number of carbonyl (C=O) groups excluding carboxylic acids is 1. The van der Waals surface area contributed by atoms with Gasteiger partial charge in [0.15, 0.2) is 11.7 Å². The number of allylic oxidation sites excluding steroid dienone is 1. The molecule has 5 nitrogen and oxygen atoms in total. The topological polar surface area (TPSA) is 86.6 Å². The predicted molar refractivity (Wildman–Crippen MR) is 111 cm³/mol. The highest BCUT2D eigenvalue weighted by Gasteiger charge is 2.25. The van der Waals surface area contributed by atoms with E-state index in [9.17, 15) is 14.9 Å². The molecule has 28 heavy (non-hydrogen) atoms. The van der Waals surface area contributed by atoms with Crippen LogP contribution in [0.2, 0.25) is 5.02 Å². The number of carbonyl (C=O) groups is 1. The van der Waals surface area contributed by atoms with E-state index < -0.39 is 11.7 Å². The summed E-state index contributed by atoms with van der Waals surface area (Å²) in [6, 6.07) is 8.96. The summed E-state index contributed by atoms with van der Waals surface area (Å²) in [5, 5.41) is 10.7. The van der Waals surface area contributed by atoms with Crippen LogP contribution in [0.4, 0.5) is 0 Å². The van der Waals surface area contributed by atoms with Crippen LogP contribution in [0.25, 0.3) is 16.3 Å². The van der Waals surface area contributed by atoms with Crippen molar-refractivity contribution in [2.45, 2.75) is 31.6 Å². The van der Waals surface area contributed by atoms with Crippen molar-refractivity contribution in [2.24, 2.45) is 0 Å². The number of hydrogen-bond acceptors (Lipinski definition) is 5. The standard InChI is InChI=1S/C21H16ClN3O2S/c22-13-8-5-12(6-9-13)7-10-16(26)15(11-23)19-24-20(27)18-14-3-1-2-4-17(14)28-21(18)25-19/h5-10,15H,1-4H2,(H,24,25,27)/b10-7+. The molecule has 4 rings (SSSR count). The molecule has 2 aromatic heterocycles. The second-order valence-electron chi connectivity index (χ2n) is 6.69. The molecule has 0 saturated heterocycles. The van der Waals surface area contributed by atoms with Gasteiger partial charge >= 0.3 is 0 Å². The number of rotatable bonds is 4. The highest BCUT2D eigenvalue weighted by molar-refractivity contribution is 7.18. The third-order valence-corrected chi connectivity index (χ3v) is 6.28. The molecule has 0 aliphatic heterocycles. The monoisotopic (exact) mass is 409 g/mol. The Bertz CT molecular complexity index is 1190. The van der Waals surface area contributed by atoms with Gasteiger partial charge < -0.3 is 4.98 Å². The van der Waals surface area contributed by atoms with Crippen molar-refractivity contribution in [1.29, 1.82) is 5.26 Å². The summed E-state index contributed by atoms with van der Waals surface area (Å²) >= 11 is 7.35. The number of nitrogens with zero attached hydrogens (tertiary/aromatic N) is 2. The van der Waals surface area contributed by atoms with Gasteiger partial charge in [0.05, 0.1) is 11.5 Å². The van der Waals surface area contributed by atoms with Gasteiger partial charge in [-0.05, 0) is 55.0 Å². The van der Waals surface area contributed by atoms with Crippen LogP contribution in [0.5, 0.6) is 0 Å². The highest BCUT2D eigenvalue weighted by atomic mass is 35.5.